The number of hydrogen-bond acceptors (Lipinski definition) is 3. The number of hydrogen-bond donors (Lipinski definition) is 0. The Morgan fingerprint density at radius 2 is 1.33 bits per heavy atom. The fourth-order valence-electron chi connectivity index (χ4n) is 0.275. The van der Waals surface area contributed by atoms with Crippen LogP contribution in [0.25, 0.3) is 0 Å². The summed E-state index contributed by atoms with van der Waals surface area (Å²) in [6.45, 7) is 7.91. The minimum absolute atomic E-state index is 1.05. The van der Waals surface area contributed by atoms with Gasteiger partial charge in [-0.2, -0.15) is 8.75 Å². The maximum absolute atomic E-state index is 3.95. The standard InChI is InChI=1S/C4H6N2S.C2H6/c1-3-4(2)6-7-5-3;1-2/h1-2H3;1-2H3. The van der Waals surface area contributed by atoms with Crippen LogP contribution in [0.2, 0.25) is 0 Å². The van der Waals surface area contributed by atoms with E-state index in [0.29, 0.717) is 0 Å². The summed E-state index contributed by atoms with van der Waals surface area (Å²) in [5.74, 6) is 0. The van der Waals surface area contributed by atoms with Crippen LogP contribution >= 0.6 is 11.7 Å². The SMILES string of the molecule is CC.Cc1nsnc1C. The van der Waals surface area contributed by atoms with Crippen molar-refractivity contribution in [1.82, 2.24) is 8.75 Å². The fourth-order valence-corrected chi connectivity index (χ4v) is 0.825. The molecule has 52 valence electrons. The van der Waals surface area contributed by atoms with Gasteiger partial charge < -0.3 is 0 Å². The molecule has 1 heterocycles. The van der Waals surface area contributed by atoms with Gasteiger partial charge in [0, 0.05) is 0 Å². The van der Waals surface area contributed by atoms with E-state index in [1.54, 1.807) is 0 Å². The zero-order valence-electron chi connectivity index (χ0n) is 6.30. The Morgan fingerprint density at radius 1 is 1.00 bits per heavy atom. The molecule has 0 aromatic carbocycles. The molecule has 0 fully saturated rings. The van der Waals surface area contributed by atoms with Crippen LogP contribution in [0.5, 0.6) is 0 Å². The summed E-state index contributed by atoms with van der Waals surface area (Å²) in [6.07, 6.45) is 0. The van der Waals surface area contributed by atoms with Gasteiger partial charge in [0.1, 0.15) is 0 Å². The Kier molecular flexibility index (Phi) is 4.22. The highest BCUT2D eigenvalue weighted by atomic mass is 32.1. The van der Waals surface area contributed by atoms with Gasteiger partial charge in [-0.1, -0.05) is 13.8 Å². The molecule has 0 unspecified atom stereocenters. The molecule has 0 radical (unpaired) electrons. The Bertz CT molecular complexity index is 143. The average molecular weight is 144 g/mol. The Labute approximate surface area is 60.3 Å². The summed E-state index contributed by atoms with van der Waals surface area (Å²) in [5.41, 5.74) is 2.09. The van der Waals surface area contributed by atoms with Gasteiger partial charge in [-0.05, 0) is 13.8 Å². The van der Waals surface area contributed by atoms with Crippen LogP contribution in [0, 0.1) is 13.8 Å². The zero-order chi connectivity index (χ0) is 7.28. The van der Waals surface area contributed by atoms with E-state index in [9.17, 15) is 0 Å². The molecule has 0 aliphatic carbocycles. The minimum Gasteiger partial charge on any atom is -0.178 e. The number of nitrogens with zero attached hydrogens (tertiary/aromatic N) is 2. The number of aryl methyl sites for hydroxylation is 2. The maximum atomic E-state index is 3.95. The zero-order valence-corrected chi connectivity index (χ0v) is 7.12. The first-order chi connectivity index (χ1) is 4.30. The van der Waals surface area contributed by atoms with Crippen LogP contribution in [0.3, 0.4) is 0 Å². The van der Waals surface area contributed by atoms with E-state index in [2.05, 4.69) is 8.75 Å². The van der Waals surface area contributed by atoms with Crippen LogP contribution in [-0.4, -0.2) is 8.75 Å². The van der Waals surface area contributed by atoms with E-state index in [1.165, 1.54) is 11.7 Å². The van der Waals surface area contributed by atoms with E-state index in [0.717, 1.165) is 11.4 Å². The molecule has 0 saturated carbocycles. The topological polar surface area (TPSA) is 25.8 Å². The lowest BCUT2D eigenvalue weighted by molar-refractivity contribution is 1.22. The van der Waals surface area contributed by atoms with Crippen molar-refractivity contribution in [3.05, 3.63) is 11.4 Å². The third-order valence-electron chi connectivity index (χ3n) is 0.879. The van der Waals surface area contributed by atoms with E-state index in [1.807, 2.05) is 27.7 Å². The highest BCUT2D eigenvalue weighted by molar-refractivity contribution is 6.99. The molecule has 0 bridgehead atoms. The van der Waals surface area contributed by atoms with Gasteiger partial charge in [0.05, 0.1) is 23.1 Å². The summed E-state index contributed by atoms with van der Waals surface area (Å²) in [5, 5.41) is 0. The lowest BCUT2D eigenvalue weighted by atomic mass is 10.4. The van der Waals surface area contributed by atoms with Gasteiger partial charge in [-0.15, -0.1) is 0 Å². The quantitative estimate of drug-likeness (QED) is 0.557. The first kappa shape index (κ1) is 8.56. The van der Waals surface area contributed by atoms with Gasteiger partial charge in [0.15, 0.2) is 0 Å². The normalized spacial score (nSPS) is 8.00. The molecular formula is C6H12N2S. The van der Waals surface area contributed by atoms with E-state index >= 15 is 0 Å². The average Bonchev–Trinajstić information content (AvgIpc) is 2.23. The largest absolute Gasteiger partial charge is 0.178 e. The van der Waals surface area contributed by atoms with Crippen LogP contribution in [0.1, 0.15) is 25.2 Å². The third kappa shape index (κ3) is 2.56. The van der Waals surface area contributed by atoms with Crippen LogP contribution < -0.4 is 0 Å². The summed E-state index contributed by atoms with van der Waals surface area (Å²) in [4.78, 5) is 0. The summed E-state index contributed by atoms with van der Waals surface area (Å²) in [7, 11) is 0. The van der Waals surface area contributed by atoms with Crippen molar-refractivity contribution in [3.63, 3.8) is 0 Å². The fraction of sp³-hybridized carbons (Fsp3) is 0.667. The van der Waals surface area contributed by atoms with Crippen LogP contribution in [-0.2, 0) is 0 Å². The molecule has 9 heavy (non-hydrogen) atoms. The van der Waals surface area contributed by atoms with Crippen molar-refractivity contribution in [1.29, 1.82) is 0 Å². The molecule has 1 rings (SSSR count). The molecule has 2 nitrogen and oxygen atoms in total. The smallest absolute Gasteiger partial charge is 0.0741 e. The van der Waals surface area contributed by atoms with Crippen molar-refractivity contribution < 1.29 is 0 Å². The van der Waals surface area contributed by atoms with Crippen molar-refractivity contribution >= 4 is 11.7 Å². The molecule has 1 aromatic heterocycles. The predicted molar refractivity (Wildman–Crippen MR) is 40.7 cm³/mol. The minimum atomic E-state index is 1.05. The summed E-state index contributed by atoms with van der Waals surface area (Å²) >= 11 is 1.27. The van der Waals surface area contributed by atoms with E-state index in [-0.39, 0.29) is 0 Å². The second kappa shape index (κ2) is 4.44. The molecule has 1 aromatic rings. The third-order valence-corrected chi connectivity index (χ3v) is 1.59. The molecular weight excluding hydrogens is 132 g/mol. The highest BCUT2D eigenvalue weighted by Gasteiger charge is 1.91. The Hall–Kier alpha value is -0.440. The Balaban J connectivity index is 0.000000291. The molecule has 0 aliphatic rings. The first-order valence-electron chi connectivity index (χ1n) is 3.06. The van der Waals surface area contributed by atoms with Gasteiger partial charge in [0.2, 0.25) is 0 Å². The molecule has 0 atom stereocenters. The van der Waals surface area contributed by atoms with Crippen molar-refractivity contribution in [2.75, 3.05) is 0 Å². The van der Waals surface area contributed by atoms with Crippen LogP contribution in [0.15, 0.2) is 0 Å². The first-order valence-corrected chi connectivity index (χ1v) is 3.79. The molecule has 0 saturated heterocycles. The van der Waals surface area contributed by atoms with E-state index < -0.39 is 0 Å². The molecule has 0 N–H and O–H groups in total. The van der Waals surface area contributed by atoms with Gasteiger partial charge in [-0.25, -0.2) is 0 Å². The molecule has 0 amide bonds. The van der Waals surface area contributed by atoms with Crippen molar-refractivity contribution in [2.24, 2.45) is 0 Å². The van der Waals surface area contributed by atoms with Crippen molar-refractivity contribution in [3.8, 4) is 0 Å². The monoisotopic (exact) mass is 144 g/mol. The molecule has 0 aliphatic heterocycles. The van der Waals surface area contributed by atoms with Crippen LogP contribution in [0.4, 0.5) is 0 Å². The maximum Gasteiger partial charge on any atom is 0.0741 e. The summed E-state index contributed by atoms with van der Waals surface area (Å²) in [6, 6.07) is 0. The lowest BCUT2D eigenvalue weighted by Crippen LogP contribution is -1.71. The lowest BCUT2D eigenvalue weighted by Gasteiger charge is -1.75. The van der Waals surface area contributed by atoms with Gasteiger partial charge >= 0.3 is 0 Å². The second-order valence-electron chi connectivity index (χ2n) is 1.44. The summed E-state index contributed by atoms with van der Waals surface area (Å²) < 4.78 is 7.89. The second-order valence-corrected chi connectivity index (χ2v) is 1.96. The van der Waals surface area contributed by atoms with E-state index in [4.69, 9.17) is 0 Å². The van der Waals surface area contributed by atoms with Crippen molar-refractivity contribution in [2.45, 2.75) is 27.7 Å². The molecule has 3 heteroatoms. The predicted octanol–water partition coefficient (Wildman–Crippen LogP) is 2.18. The van der Waals surface area contributed by atoms with Gasteiger partial charge in [-0.3, -0.25) is 0 Å². The van der Waals surface area contributed by atoms with Gasteiger partial charge in [0.25, 0.3) is 0 Å². The number of aromatic nitrogens is 2. The number of rotatable bonds is 0. The molecule has 0 spiro atoms. The Morgan fingerprint density at radius 3 is 1.44 bits per heavy atom. The highest BCUT2D eigenvalue weighted by Crippen LogP contribution is 1.99.